The molecule has 8 amide bonds. The van der Waals surface area contributed by atoms with Gasteiger partial charge in [0.25, 0.3) is 0 Å². The highest BCUT2D eigenvalue weighted by molar-refractivity contribution is 6.07. The van der Waals surface area contributed by atoms with Crippen LogP contribution in [0.1, 0.15) is 55.3 Å². The summed E-state index contributed by atoms with van der Waals surface area (Å²) in [4.78, 5) is 123. The number of amides is 8. The summed E-state index contributed by atoms with van der Waals surface area (Å²) in [6.45, 7) is 15.1. The number of morpholine rings is 1. The number of halogens is 1. The lowest BCUT2D eigenvalue weighted by Gasteiger charge is -2.38. The van der Waals surface area contributed by atoms with Crippen LogP contribution < -0.4 is 65.4 Å². The Morgan fingerprint density at radius 2 is 0.957 bits per heavy atom. The van der Waals surface area contributed by atoms with Crippen molar-refractivity contribution in [2.75, 3.05) is 137 Å². The van der Waals surface area contributed by atoms with Gasteiger partial charge in [0.05, 0.1) is 113 Å². The highest BCUT2D eigenvalue weighted by Crippen LogP contribution is 2.45. The van der Waals surface area contributed by atoms with Gasteiger partial charge in [0.2, 0.25) is 0 Å². The molecular formula is C83H78FN27O5. The Labute approximate surface area is 666 Å². The fourth-order valence-corrected chi connectivity index (χ4v) is 16.1. The van der Waals surface area contributed by atoms with Crippen LogP contribution in [0.3, 0.4) is 0 Å². The van der Waals surface area contributed by atoms with Crippen molar-refractivity contribution in [2.24, 2.45) is 0 Å². The maximum absolute atomic E-state index is 14.0. The molecule has 11 aromatic rings. The summed E-state index contributed by atoms with van der Waals surface area (Å²) >= 11 is 0. The zero-order valence-corrected chi connectivity index (χ0v) is 63.5. The molecule has 5 saturated heterocycles. The average molecular weight is 1550 g/mol. The smallest absolute Gasteiger partial charge is 0.329 e. The van der Waals surface area contributed by atoms with Crippen LogP contribution in [-0.2, 0) is 4.74 Å². The number of anilines is 13. The molecule has 5 atom stereocenters. The maximum atomic E-state index is 14.0. The molecule has 0 aliphatic carbocycles. The first kappa shape index (κ1) is 74.3. The Balaban J connectivity index is 0.000000111. The molecule has 0 aromatic carbocycles. The van der Waals surface area contributed by atoms with E-state index in [0.717, 1.165) is 147 Å². The molecule has 4 N–H and O–H groups in total. The molecule has 582 valence electrons. The summed E-state index contributed by atoms with van der Waals surface area (Å²) in [5.41, 5.74) is 11.4. The van der Waals surface area contributed by atoms with Crippen molar-refractivity contribution in [2.45, 2.75) is 76.7 Å². The third-order valence-electron chi connectivity index (χ3n) is 21.7. The van der Waals surface area contributed by atoms with E-state index in [2.05, 4.69) is 116 Å². The minimum absolute atomic E-state index is 0.0345. The van der Waals surface area contributed by atoms with Gasteiger partial charge in [-0.25, -0.2) is 63.4 Å². The number of aryl methyl sites for hydroxylation is 2. The second-order valence-electron chi connectivity index (χ2n) is 29.2. The fraction of sp³-hybridized carbons (Fsp3) is 0.277. The summed E-state index contributed by atoms with van der Waals surface area (Å²) in [6.07, 6.45) is 21.2. The Morgan fingerprint density at radius 1 is 0.457 bits per heavy atom. The van der Waals surface area contributed by atoms with E-state index in [1.807, 2.05) is 97.6 Å². The second-order valence-corrected chi connectivity index (χ2v) is 29.2. The molecule has 11 aromatic heterocycles. The van der Waals surface area contributed by atoms with E-state index in [1.54, 1.807) is 82.3 Å². The largest absolute Gasteiger partial charge is 0.377 e. The molecule has 0 unspecified atom stereocenters. The number of urea groups is 4. The molecule has 0 spiro atoms. The first-order chi connectivity index (χ1) is 56.6. The van der Waals surface area contributed by atoms with Crippen molar-refractivity contribution >= 4 is 99.0 Å². The third-order valence-corrected chi connectivity index (χ3v) is 21.7. The Hall–Kier alpha value is -14.5. The first-order valence-electron chi connectivity index (χ1n) is 38.3. The van der Waals surface area contributed by atoms with Crippen LogP contribution in [0, 0.1) is 42.3 Å². The summed E-state index contributed by atoms with van der Waals surface area (Å²) < 4.78 is 19.6. The number of nitriles is 2. The van der Waals surface area contributed by atoms with E-state index < -0.39 is 5.82 Å². The predicted molar refractivity (Wildman–Crippen MR) is 436 cm³/mol. The molecule has 5 fully saturated rings. The quantitative estimate of drug-likeness (QED) is 0.110. The van der Waals surface area contributed by atoms with Crippen molar-refractivity contribution in [3.05, 3.63) is 212 Å². The topological polar surface area (TPSA) is 357 Å². The lowest BCUT2D eigenvalue weighted by atomic mass is 10.1. The van der Waals surface area contributed by atoms with Crippen molar-refractivity contribution in [3.63, 3.8) is 0 Å². The van der Waals surface area contributed by atoms with Crippen LogP contribution in [0.2, 0.25) is 0 Å². The van der Waals surface area contributed by atoms with Gasteiger partial charge in [0.1, 0.15) is 29.5 Å². The molecular weight excluding hydrogens is 1470 g/mol. The molecule has 0 radical (unpaired) electrons. The number of nitrogens with zero attached hydrogens (tertiary/aromatic N) is 23. The van der Waals surface area contributed by atoms with Crippen LogP contribution in [0.4, 0.5) is 98.4 Å². The van der Waals surface area contributed by atoms with Gasteiger partial charge in [-0.05, 0) is 167 Å². The molecule has 8 bridgehead atoms. The average Bonchev–Trinajstić information content (AvgIpc) is 1.56. The van der Waals surface area contributed by atoms with Crippen molar-refractivity contribution in [3.8, 4) is 45.9 Å². The molecule has 20 heterocycles. The summed E-state index contributed by atoms with van der Waals surface area (Å²) in [5.74, 6) is 3.67. The molecule has 9 aliphatic heterocycles. The van der Waals surface area contributed by atoms with E-state index in [9.17, 15) is 23.6 Å². The van der Waals surface area contributed by atoms with E-state index in [4.69, 9.17) is 30.2 Å². The fourth-order valence-electron chi connectivity index (χ4n) is 16.1. The minimum Gasteiger partial charge on any atom is -0.377 e. The zero-order valence-electron chi connectivity index (χ0n) is 63.5. The molecule has 9 aliphatic rings. The predicted octanol–water partition coefficient (Wildman–Crippen LogP) is 11.7. The van der Waals surface area contributed by atoms with Gasteiger partial charge in [0.15, 0.2) is 40.6 Å². The number of pyridine rings is 10. The van der Waals surface area contributed by atoms with E-state index in [-0.39, 0.29) is 60.0 Å². The van der Waals surface area contributed by atoms with Gasteiger partial charge in [-0.15, -0.1) is 0 Å². The van der Waals surface area contributed by atoms with Gasteiger partial charge >= 0.3 is 24.1 Å². The minimum atomic E-state index is -0.712. The molecule has 0 saturated carbocycles. The summed E-state index contributed by atoms with van der Waals surface area (Å²) in [5, 5.41) is 29.5. The van der Waals surface area contributed by atoms with E-state index in [1.165, 1.54) is 30.9 Å². The number of rotatable bonds is 8. The van der Waals surface area contributed by atoms with Crippen molar-refractivity contribution in [1.82, 2.24) is 59.8 Å². The molecule has 32 nitrogen and oxygen atoms in total. The molecule has 20 rings (SSSR count). The van der Waals surface area contributed by atoms with Gasteiger partial charge in [0, 0.05) is 131 Å². The second kappa shape index (κ2) is 32.3. The number of ether oxygens (including phenoxy) is 1. The van der Waals surface area contributed by atoms with Gasteiger partial charge < -0.3 is 39.9 Å². The number of carbonyl (C=O) groups is 4. The lowest BCUT2D eigenvalue weighted by molar-refractivity contribution is 0.0985. The van der Waals surface area contributed by atoms with Gasteiger partial charge in [-0.2, -0.15) is 10.5 Å². The van der Waals surface area contributed by atoms with Crippen LogP contribution in [-0.4, -0.2) is 186 Å². The van der Waals surface area contributed by atoms with Crippen molar-refractivity contribution < 1.29 is 28.3 Å². The molecule has 116 heavy (non-hydrogen) atoms. The SMILES string of the molecule is C[C@H]1COCCN1c1ccc2c(n1)N(C(=O)Nc1cccnc1)[C@H]1CCN2C1.Cc1ccnc(NC(=O)N2c3nc(-c4ccnc(C)c4)ccc3N3CC[C@H]2C3)c1.N#Cc1ccc(-c2ccc3c(n2)N(C(=O)Nc2cccnc2)[C@H]2CCN3C2)cn1.N#Cc1ncc(-c2ccc3c(n2)N(C(=O)Nc2cnccn2)[C@H]2CCN3C2)cc1F. The Kier molecular flexibility index (Phi) is 20.7. The maximum Gasteiger partial charge on any atom is 0.329 e. The van der Waals surface area contributed by atoms with E-state index >= 15 is 0 Å². The number of nitrogens with one attached hydrogen (secondary N) is 4. The van der Waals surface area contributed by atoms with Crippen LogP contribution >= 0.6 is 0 Å². The first-order valence-corrected chi connectivity index (χ1v) is 38.3. The van der Waals surface area contributed by atoms with Crippen LogP contribution in [0.5, 0.6) is 0 Å². The summed E-state index contributed by atoms with van der Waals surface area (Å²) in [7, 11) is 0. The monoisotopic (exact) mass is 1550 g/mol. The number of hydrogen-bond donors (Lipinski definition) is 4. The van der Waals surface area contributed by atoms with Gasteiger partial charge in [-0.3, -0.25) is 50.2 Å². The number of hydrogen-bond acceptors (Lipinski definition) is 24. The number of carbonyl (C=O) groups excluding carboxylic acids is 4. The van der Waals surface area contributed by atoms with Crippen LogP contribution in [0.15, 0.2) is 183 Å². The standard InChI is InChI=1S/C22H22N6O.C21H17N7O.C20H15FN8O.C20H24N6O2/c1-14-5-8-24-20(11-14)26-22(29)28-17-7-10-27(13-17)19-4-3-18(25-21(19)28)16-6-9-23-15(2)12-16;22-10-15-4-3-14(11-24-15)18-5-6-19-20(26-18)28(17-7-9-27(19)13-17)21(29)25-16-2-1-8-23-12-16;21-14-7-12(9-25-16(14)8-22)15-1-2-17-19(26-15)29(13-3-6-28(17)11-13)20(30)27-18-10-23-4-5-24-18;1-14-13-28-10-9-25(14)18-5-4-17-19(23-18)26(16-6-8-24(17)12-16)20(27)22-15-3-2-7-21-11-15/h3-6,8-9,11-12,17H,7,10,13H2,1-2H3,(H,24,26,29);1-6,8,11-12,17H,7,9,13H2,(H,25,29);1-2,4-5,7,9-10,13H,3,6,11H2,(H,24,27,30);2-5,7,11,14,16H,6,8-10,12-13H2,1H3,(H,22,27)/t2*17-;13-;14-,16-/m0000/s1. The van der Waals surface area contributed by atoms with Crippen LogP contribution in [0.25, 0.3) is 33.8 Å². The van der Waals surface area contributed by atoms with Crippen molar-refractivity contribution in [1.29, 1.82) is 10.5 Å². The normalized spacial score (nSPS) is 18.5. The van der Waals surface area contributed by atoms with Gasteiger partial charge in [-0.1, -0.05) is 0 Å². The molecule has 33 heteroatoms. The zero-order chi connectivity index (χ0) is 79.5. The highest BCUT2D eigenvalue weighted by atomic mass is 19.1. The van der Waals surface area contributed by atoms with E-state index in [0.29, 0.717) is 76.3 Å². The summed E-state index contributed by atoms with van der Waals surface area (Å²) in [6, 6.07) is 38.9. The lowest BCUT2D eigenvalue weighted by Crippen LogP contribution is -2.49. The third kappa shape index (κ3) is 15.3. The Morgan fingerprint density at radius 3 is 1.44 bits per heavy atom. The highest BCUT2D eigenvalue weighted by Gasteiger charge is 2.45. The Bertz CT molecular complexity index is 5630. The number of aromatic nitrogens is 12. The number of fused-ring (bicyclic) bond motifs is 16.